The van der Waals surface area contributed by atoms with Gasteiger partial charge in [0.05, 0.1) is 0 Å². The molecule has 0 radical (unpaired) electrons. The van der Waals surface area contributed by atoms with Crippen molar-refractivity contribution < 1.29 is 9.18 Å². The number of fused-ring (bicyclic) bond motifs is 1. The monoisotopic (exact) mass is 251 g/mol. The van der Waals surface area contributed by atoms with Crippen LogP contribution in [0.2, 0.25) is 0 Å². The molecule has 1 aliphatic heterocycles. The molecular formula is C13H18FN3O. The van der Waals surface area contributed by atoms with Gasteiger partial charge in [-0.25, -0.2) is 10.2 Å². The minimum atomic E-state index is -0.317. The Hall–Kier alpha value is -1.62. The standard InChI is InChI=1S/C13H18FN3O/c1-2-3-11(13(18)16-15)17-7-6-9-4-5-10(14)8-12(9)17/h4-5,8,11H,2-3,6-7,15H2,1H3,(H,16,18). The molecule has 2 rings (SSSR count). The van der Waals surface area contributed by atoms with Gasteiger partial charge in [0.2, 0.25) is 0 Å². The van der Waals surface area contributed by atoms with E-state index in [-0.39, 0.29) is 17.8 Å². The van der Waals surface area contributed by atoms with E-state index in [1.807, 2.05) is 11.8 Å². The van der Waals surface area contributed by atoms with Gasteiger partial charge in [0.1, 0.15) is 11.9 Å². The van der Waals surface area contributed by atoms with Crippen molar-refractivity contribution in [3.63, 3.8) is 0 Å². The molecule has 18 heavy (non-hydrogen) atoms. The molecule has 0 aliphatic carbocycles. The summed E-state index contributed by atoms with van der Waals surface area (Å²) in [7, 11) is 0. The molecule has 1 unspecified atom stereocenters. The largest absolute Gasteiger partial charge is 0.359 e. The van der Waals surface area contributed by atoms with Gasteiger partial charge >= 0.3 is 0 Å². The molecule has 0 bridgehead atoms. The fourth-order valence-corrected chi connectivity index (χ4v) is 2.50. The number of nitrogens with two attached hydrogens (primary N) is 1. The number of hydrogen-bond acceptors (Lipinski definition) is 3. The van der Waals surface area contributed by atoms with Crippen molar-refractivity contribution in [1.82, 2.24) is 5.43 Å². The zero-order valence-corrected chi connectivity index (χ0v) is 10.4. The van der Waals surface area contributed by atoms with E-state index >= 15 is 0 Å². The Labute approximate surface area is 106 Å². The molecule has 98 valence electrons. The second kappa shape index (κ2) is 5.35. The number of amides is 1. The first kappa shape index (κ1) is 12.8. The van der Waals surface area contributed by atoms with Crippen molar-refractivity contribution in [2.24, 2.45) is 5.84 Å². The normalized spacial score (nSPS) is 15.4. The average Bonchev–Trinajstić information content (AvgIpc) is 2.78. The van der Waals surface area contributed by atoms with E-state index in [0.717, 1.165) is 30.6 Å². The molecule has 0 fully saturated rings. The summed E-state index contributed by atoms with van der Waals surface area (Å²) in [6, 6.07) is 4.42. The SMILES string of the molecule is CCCC(C(=O)NN)N1CCc2ccc(F)cc21. The molecule has 1 heterocycles. The maximum Gasteiger partial charge on any atom is 0.256 e. The zero-order chi connectivity index (χ0) is 13.1. The lowest BCUT2D eigenvalue weighted by Gasteiger charge is -2.28. The fourth-order valence-electron chi connectivity index (χ4n) is 2.50. The van der Waals surface area contributed by atoms with Crippen LogP contribution in [-0.4, -0.2) is 18.5 Å². The third-order valence-corrected chi connectivity index (χ3v) is 3.36. The number of carbonyl (C=O) groups is 1. The van der Waals surface area contributed by atoms with Crippen LogP contribution in [-0.2, 0) is 11.2 Å². The number of benzene rings is 1. The Morgan fingerprint density at radius 3 is 3.06 bits per heavy atom. The molecule has 1 aliphatic rings. The number of rotatable bonds is 4. The molecule has 0 aromatic heterocycles. The Bertz CT molecular complexity index is 450. The van der Waals surface area contributed by atoms with Gasteiger partial charge in [-0.15, -0.1) is 0 Å². The highest BCUT2D eigenvalue weighted by atomic mass is 19.1. The van der Waals surface area contributed by atoms with Crippen LogP contribution in [0.25, 0.3) is 0 Å². The number of nitrogens with one attached hydrogen (secondary N) is 1. The number of carbonyl (C=O) groups excluding carboxylic acids is 1. The van der Waals surface area contributed by atoms with Crippen LogP contribution in [0.5, 0.6) is 0 Å². The fraction of sp³-hybridized carbons (Fsp3) is 0.462. The third kappa shape index (κ3) is 2.31. The molecule has 0 saturated heterocycles. The molecule has 5 heteroatoms. The predicted molar refractivity (Wildman–Crippen MR) is 68.5 cm³/mol. The maximum absolute atomic E-state index is 13.3. The number of hydrazine groups is 1. The van der Waals surface area contributed by atoms with Crippen LogP contribution in [0.1, 0.15) is 25.3 Å². The lowest BCUT2D eigenvalue weighted by atomic mass is 10.1. The van der Waals surface area contributed by atoms with E-state index < -0.39 is 0 Å². The summed E-state index contributed by atoms with van der Waals surface area (Å²) in [6.45, 7) is 2.75. The maximum atomic E-state index is 13.3. The molecule has 1 aromatic carbocycles. The first-order chi connectivity index (χ1) is 8.67. The van der Waals surface area contributed by atoms with Crippen molar-refractivity contribution >= 4 is 11.6 Å². The second-order valence-electron chi connectivity index (χ2n) is 4.53. The van der Waals surface area contributed by atoms with E-state index in [1.54, 1.807) is 6.07 Å². The first-order valence-electron chi connectivity index (χ1n) is 6.23. The quantitative estimate of drug-likeness (QED) is 0.482. The molecular weight excluding hydrogens is 233 g/mol. The number of halogens is 1. The molecule has 1 amide bonds. The van der Waals surface area contributed by atoms with Gasteiger partial charge in [-0.1, -0.05) is 19.4 Å². The molecule has 4 nitrogen and oxygen atoms in total. The Kier molecular flexibility index (Phi) is 3.81. The minimum absolute atomic E-state index is 0.214. The Morgan fingerprint density at radius 2 is 2.39 bits per heavy atom. The van der Waals surface area contributed by atoms with Gasteiger partial charge in [-0.2, -0.15) is 0 Å². The third-order valence-electron chi connectivity index (χ3n) is 3.36. The van der Waals surface area contributed by atoms with Crippen LogP contribution in [0.4, 0.5) is 10.1 Å². The number of hydrogen-bond donors (Lipinski definition) is 2. The van der Waals surface area contributed by atoms with Crippen molar-refractivity contribution in [2.45, 2.75) is 32.2 Å². The summed E-state index contributed by atoms with van der Waals surface area (Å²) >= 11 is 0. The topological polar surface area (TPSA) is 58.4 Å². The van der Waals surface area contributed by atoms with E-state index in [0.29, 0.717) is 6.42 Å². The van der Waals surface area contributed by atoms with Gasteiger partial charge in [0.25, 0.3) is 5.91 Å². The zero-order valence-electron chi connectivity index (χ0n) is 10.4. The first-order valence-corrected chi connectivity index (χ1v) is 6.23. The van der Waals surface area contributed by atoms with Gasteiger partial charge < -0.3 is 4.90 Å². The van der Waals surface area contributed by atoms with Gasteiger partial charge in [0.15, 0.2) is 0 Å². The van der Waals surface area contributed by atoms with Crippen LogP contribution in [0.3, 0.4) is 0 Å². The van der Waals surface area contributed by atoms with Crippen LogP contribution in [0, 0.1) is 5.82 Å². The molecule has 1 atom stereocenters. The number of nitrogens with zero attached hydrogens (tertiary/aromatic N) is 1. The van der Waals surface area contributed by atoms with E-state index in [1.165, 1.54) is 12.1 Å². The van der Waals surface area contributed by atoms with Crippen molar-refractivity contribution in [3.8, 4) is 0 Å². The molecule has 3 N–H and O–H groups in total. The molecule has 1 aromatic rings. The summed E-state index contributed by atoms with van der Waals surface area (Å²) in [5.74, 6) is 4.73. The predicted octanol–water partition coefficient (Wildman–Crippen LogP) is 1.35. The van der Waals surface area contributed by atoms with Crippen LogP contribution in [0.15, 0.2) is 18.2 Å². The second-order valence-corrected chi connectivity index (χ2v) is 4.53. The smallest absolute Gasteiger partial charge is 0.256 e. The highest BCUT2D eigenvalue weighted by Crippen LogP contribution is 2.31. The lowest BCUT2D eigenvalue weighted by Crippen LogP contribution is -2.48. The van der Waals surface area contributed by atoms with E-state index in [9.17, 15) is 9.18 Å². The summed E-state index contributed by atoms with van der Waals surface area (Å²) in [4.78, 5) is 13.8. The van der Waals surface area contributed by atoms with E-state index in [2.05, 4.69) is 5.43 Å². The van der Waals surface area contributed by atoms with Crippen molar-refractivity contribution in [2.75, 3.05) is 11.4 Å². The van der Waals surface area contributed by atoms with Gasteiger partial charge in [-0.3, -0.25) is 10.2 Å². The van der Waals surface area contributed by atoms with Crippen molar-refractivity contribution in [3.05, 3.63) is 29.6 Å². The summed E-state index contributed by atoms with van der Waals surface area (Å²) in [6.07, 6.45) is 2.42. The summed E-state index contributed by atoms with van der Waals surface area (Å²) in [5, 5.41) is 0. The highest BCUT2D eigenvalue weighted by molar-refractivity contribution is 5.85. The Morgan fingerprint density at radius 1 is 1.61 bits per heavy atom. The van der Waals surface area contributed by atoms with Gasteiger partial charge in [0, 0.05) is 12.2 Å². The van der Waals surface area contributed by atoms with Crippen molar-refractivity contribution in [1.29, 1.82) is 0 Å². The Balaban J connectivity index is 2.29. The number of anilines is 1. The summed E-state index contributed by atoms with van der Waals surface area (Å²) < 4.78 is 13.3. The average molecular weight is 251 g/mol. The highest BCUT2D eigenvalue weighted by Gasteiger charge is 2.30. The lowest BCUT2D eigenvalue weighted by molar-refractivity contribution is -0.122. The molecule has 0 saturated carbocycles. The molecule has 0 spiro atoms. The van der Waals surface area contributed by atoms with Gasteiger partial charge in [-0.05, 0) is 30.5 Å². The minimum Gasteiger partial charge on any atom is -0.359 e. The van der Waals surface area contributed by atoms with Crippen LogP contribution < -0.4 is 16.2 Å². The van der Waals surface area contributed by atoms with E-state index in [4.69, 9.17) is 5.84 Å². The summed E-state index contributed by atoms with van der Waals surface area (Å²) in [5.41, 5.74) is 4.10. The van der Waals surface area contributed by atoms with Crippen LogP contribution >= 0.6 is 0 Å².